The summed E-state index contributed by atoms with van der Waals surface area (Å²) >= 11 is 0. The van der Waals surface area contributed by atoms with E-state index < -0.39 is 0 Å². The van der Waals surface area contributed by atoms with Crippen molar-refractivity contribution in [2.45, 2.75) is 13.8 Å². The van der Waals surface area contributed by atoms with E-state index in [0.717, 1.165) is 12.2 Å². The minimum atomic E-state index is -0.217. The van der Waals surface area contributed by atoms with Crippen LogP contribution in [0.5, 0.6) is 0 Å². The Morgan fingerprint density at radius 2 is 2.24 bits per heavy atom. The molecule has 0 radical (unpaired) electrons. The molecule has 1 rings (SSSR count). The number of hydrogen-bond donors (Lipinski definition) is 1. The number of hydrogen-bond acceptors (Lipinski definition) is 2. The molecule has 0 unspecified atom stereocenters. The van der Waals surface area contributed by atoms with Gasteiger partial charge < -0.3 is 10.2 Å². The Morgan fingerprint density at radius 3 is 2.88 bits per heavy atom. The molecule has 17 heavy (non-hydrogen) atoms. The van der Waals surface area contributed by atoms with Crippen molar-refractivity contribution in [3.05, 3.63) is 29.8 Å². The standard InChI is InChI=1S/C14H18N2O/c1-4-6-14(17)15-9-10-16(3)13-8-5-7-12(2)11-13/h5,7-8,11H,9-10H2,1-3H3,(H,15,17). The molecule has 1 N–H and O–H groups in total. The summed E-state index contributed by atoms with van der Waals surface area (Å²) in [6, 6.07) is 8.27. The average molecular weight is 230 g/mol. The van der Waals surface area contributed by atoms with Crippen LogP contribution in [0.1, 0.15) is 12.5 Å². The first-order valence-corrected chi connectivity index (χ1v) is 5.62. The summed E-state index contributed by atoms with van der Waals surface area (Å²) in [5.74, 6) is 4.80. The van der Waals surface area contributed by atoms with Gasteiger partial charge >= 0.3 is 0 Å². The van der Waals surface area contributed by atoms with E-state index in [2.05, 4.69) is 47.2 Å². The number of amides is 1. The zero-order valence-corrected chi connectivity index (χ0v) is 10.6. The smallest absolute Gasteiger partial charge is 0.295 e. The molecule has 0 aromatic heterocycles. The molecule has 0 bridgehead atoms. The van der Waals surface area contributed by atoms with E-state index in [0.29, 0.717) is 6.54 Å². The number of aryl methyl sites for hydroxylation is 1. The van der Waals surface area contributed by atoms with Gasteiger partial charge in [-0.3, -0.25) is 4.79 Å². The molecule has 0 saturated carbocycles. The lowest BCUT2D eigenvalue weighted by atomic mass is 10.2. The Balaban J connectivity index is 2.41. The minimum absolute atomic E-state index is 0.217. The van der Waals surface area contributed by atoms with E-state index in [1.807, 2.05) is 13.1 Å². The Labute approximate surface area is 103 Å². The lowest BCUT2D eigenvalue weighted by Crippen LogP contribution is -2.32. The summed E-state index contributed by atoms with van der Waals surface area (Å²) in [5, 5.41) is 2.74. The topological polar surface area (TPSA) is 32.3 Å². The van der Waals surface area contributed by atoms with Gasteiger partial charge in [0.25, 0.3) is 5.91 Å². The maximum Gasteiger partial charge on any atom is 0.295 e. The first kappa shape index (κ1) is 13.1. The summed E-state index contributed by atoms with van der Waals surface area (Å²) in [6.45, 7) is 5.08. The van der Waals surface area contributed by atoms with Crippen LogP contribution < -0.4 is 10.2 Å². The zero-order valence-electron chi connectivity index (χ0n) is 10.6. The molecule has 3 heteroatoms. The van der Waals surface area contributed by atoms with Crippen molar-refractivity contribution in [3.63, 3.8) is 0 Å². The van der Waals surface area contributed by atoms with E-state index in [4.69, 9.17) is 0 Å². The van der Waals surface area contributed by atoms with Gasteiger partial charge in [-0.1, -0.05) is 18.1 Å². The Bertz CT molecular complexity index is 443. The summed E-state index contributed by atoms with van der Waals surface area (Å²) in [7, 11) is 2.01. The van der Waals surface area contributed by atoms with Gasteiger partial charge in [0.05, 0.1) is 0 Å². The third-order valence-corrected chi connectivity index (χ3v) is 2.41. The highest BCUT2D eigenvalue weighted by Crippen LogP contribution is 2.13. The molecule has 0 spiro atoms. The van der Waals surface area contributed by atoms with Crippen LogP contribution >= 0.6 is 0 Å². The molecule has 1 aromatic carbocycles. The number of benzene rings is 1. The normalized spacial score (nSPS) is 9.12. The molecular weight excluding hydrogens is 212 g/mol. The molecule has 1 amide bonds. The van der Waals surface area contributed by atoms with E-state index in [1.54, 1.807) is 6.92 Å². The highest BCUT2D eigenvalue weighted by atomic mass is 16.1. The number of anilines is 1. The number of carbonyl (C=O) groups excluding carboxylic acids is 1. The van der Waals surface area contributed by atoms with Crippen LogP contribution in [-0.4, -0.2) is 26.0 Å². The first-order chi connectivity index (χ1) is 8.13. The van der Waals surface area contributed by atoms with E-state index in [-0.39, 0.29) is 5.91 Å². The Hall–Kier alpha value is -1.95. The van der Waals surface area contributed by atoms with Crippen molar-refractivity contribution in [2.24, 2.45) is 0 Å². The average Bonchev–Trinajstić information content (AvgIpc) is 2.29. The molecule has 90 valence electrons. The zero-order chi connectivity index (χ0) is 12.7. The third-order valence-electron chi connectivity index (χ3n) is 2.41. The van der Waals surface area contributed by atoms with Gasteiger partial charge in [0.15, 0.2) is 0 Å². The SMILES string of the molecule is CC#CC(=O)NCCN(C)c1cccc(C)c1. The van der Waals surface area contributed by atoms with Crippen molar-refractivity contribution in [2.75, 3.05) is 25.0 Å². The van der Waals surface area contributed by atoms with Crippen LogP contribution in [-0.2, 0) is 4.79 Å². The molecule has 3 nitrogen and oxygen atoms in total. The second kappa shape index (κ2) is 6.59. The number of likely N-dealkylation sites (N-methyl/N-ethyl adjacent to an activating group) is 1. The van der Waals surface area contributed by atoms with E-state index >= 15 is 0 Å². The van der Waals surface area contributed by atoms with Gasteiger partial charge in [0.1, 0.15) is 0 Å². The summed E-state index contributed by atoms with van der Waals surface area (Å²) in [5.41, 5.74) is 2.39. The minimum Gasteiger partial charge on any atom is -0.373 e. The molecule has 0 atom stereocenters. The van der Waals surface area contributed by atoms with Crippen LogP contribution in [0, 0.1) is 18.8 Å². The van der Waals surface area contributed by atoms with Crippen molar-refractivity contribution in [3.8, 4) is 11.8 Å². The third kappa shape index (κ3) is 4.60. The number of nitrogens with one attached hydrogen (secondary N) is 1. The molecule has 0 aliphatic heterocycles. The van der Waals surface area contributed by atoms with Gasteiger partial charge in [-0.2, -0.15) is 0 Å². The van der Waals surface area contributed by atoms with E-state index in [1.165, 1.54) is 5.56 Å². The van der Waals surface area contributed by atoms with Gasteiger partial charge in [0.2, 0.25) is 0 Å². The van der Waals surface area contributed by atoms with Crippen LogP contribution in [0.3, 0.4) is 0 Å². The summed E-state index contributed by atoms with van der Waals surface area (Å²) in [4.78, 5) is 13.2. The van der Waals surface area contributed by atoms with Gasteiger partial charge in [-0.15, -0.1) is 0 Å². The quantitative estimate of drug-likeness (QED) is 0.796. The fourth-order valence-electron chi connectivity index (χ4n) is 1.49. The lowest BCUT2D eigenvalue weighted by molar-refractivity contribution is -0.115. The van der Waals surface area contributed by atoms with Crippen molar-refractivity contribution < 1.29 is 4.79 Å². The number of rotatable bonds is 4. The molecular formula is C14H18N2O. The lowest BCUT2D eigenvalue weighted by Gasteiger charge is -2.19. The van der Waals surface area contributed by atoms with Crippen LogP contribution in [0.4, 0.5) is 5.69 Å². The fraction of sp³-hybridized carbons (Fsp3) is 0.357. The predicted molar refractivity (Wildman–Crippen MR) is 70.9 cm³/mol. The highest BCUT2D eigenvalue weighted by molar-refractivity contribution is 5.93. The van der Waals surface area contributed by atoms with Crippen LogP contribution in [0.2, 0.25) is 0 Å². The maximum absolute atomic E-state index is 11.1. The van der Waals surface area contributed by atoms with Crippen molar-refractivity contribution in [1.29, 1.82) is 0 Å². The summed E-state index contributed by atoms with van der Waals surface area (Å²) in [6.07, 6.45) is 0. The molecule has 0 aliphatic rings. The van der Waals surface area contributed by atoms with Gasteiger partial charge in [0, 0.05) is 25.8 Å². The molecule has 0 aliphatic carbocycles. The second-order valence-corrected chi connectivity index (χ2v) is 3.89. The maximum atomic E-state index is 11.1. The monoisotopic (exact) mass is 230 g/mol. The molecule has 1 aromatic rings. The second-order valence-electron chi connectivity index (χ2n) is 3.89. The molecule has 0 heterocycles. The van der Waals surface area contributed by atoms with Crippen LogP contribution in [0.15, 0.2) is 24.3 Å². The Kier molecular flexibility index (Phi) is 5.09. The largest absolute Gasteiger partial charge is 0.373 e. The van der Waals surface area contributed by atoms with Crippen LogP contribution in [0.25, 0.3) is 0 Å². The Morgan fingerprint density at radius 1 is 1.47 bits per heavy atom. The van der Waals surface area contributed by atoms with Gasteiger partial charge in [-0.25, -0.2) is 0 Å². The predicted octanol–water partition coefficient (Wildman–Crippen LogP) is 1.57. The van der Waals surface area contributed by atoms with Crippen molar-refractivity contribution >= 4 is 11.6 Å². The van der Waals surface area contributed by atoms with Crippen molar-refractivity contribution in [1.82, 2.24) is 5.32 Å². The molecule has 0 saturated heterocycles. The first-order valence-electron chi connectivity index (χ1n) is 5.62. The van der Waals surface area contributed by atoms with E-state index in [9.17, 15) is 4.79 Å². The summed E-state index contributed by atoms with van der Waals surface area (Å²) < 4.78 is 0. The van der Waals surface area contributed by atoms with Gasteiger partial charge in [-0.05, 0) is 37.5 Å². The fourth-order valence-corrected chi connectivity index (χ4v) is 1.49. The number of nitrogens with zero attached hydrogens (tertiary/aromatic N) is 1. The molecule has 0 fully saturated rings. The highest BCUT2D eigenvalue weighted by Gasteiger charge is 2.01. The number of carbonyl (C=O) groups is 1.